The van der Waals surface area contributed by atoms with Crippen molar-refractivity contribution in [3.8, 4) is 0 Å². The summed E-state index contributed by atoms with van der Waals surface area (Å²) in [6.45, 7) is 7.30. The molecule has 2 aromatic heterocycles. The Balaban J connectivity index is 1.15. The number of hydrogen-bond donors (Lipinski definition) is 0. The van der Waals surface area contributed by atoms with Crippen molar-refractivity contribution in [2.24, 2.45) is 0 Å². The summed E-state index contributed by atoms with van der Waals surface area (Å²) < 4.78 is 0. The van der Waals surface area contributed by atoms with Crippen molar-refractivity contribution in [3.05, 3.63) is 32.2 Å². The standard InChI is InChI=1S/C18H26N4S2/c1(7-21-9-3-15-17(5-11-21)23-13-19-15)2-8-22-10-4-16-18(6-12-22)24-14-20-16/h13-14H,1-12H2. The Labute approximate surface area is 152 Å². The van der Waals surface area contributed by atoms with Crippen molar-refractivity contribution in [1.82, 2.24) is 19.8 Å². The van der Waals surface area contributed by atoms with Gasteiger partial charge in [-0.25, -0.2) is 9.97 Å². The van der Waals surface area contributed by atoms with Gasteiger partial charge in [-0.2, -0.15) is 0 Å². The molecule has 2 aliphatic heterocycles. The van der Waals surface area contributed by atoms with Crippen molar-refractivity contribution in [1.29, 1.82) is 0 Å². The van der Waals surface area contributed by atoms with Crippen LogP contribution in [0.25, 0.3) is 0 Å². The van der Waals surface area contributed by atoms with E-state index in [-0.39, 0.29) is 0 Å². The van der Waals surface area contributed by atoms with Gasteiger partial charge in [-0.3, -0.25) is 0 Å². The van der Waals surface area contributed by atoms with E-state index in [1.807, 2.05) is 33.7 Å². The molecule has 0 unspecified atom stereocenters. The van der Waals surface area contributed by atoms with Gasteiger partial charge in [-0.05, 0) is 38.8 Å². The highest BCUT2D eigenvalue weighted by Crippen LogP contribution is 2.20. The Hall–Kier alpha value is -0.820. The number of unbranched alkanes of at least 4 members (excludes halogenated alkanes) is 1. The maximum Gasteiger partial charge on any atom is 0.0797 e. The molecular weight excluding hydrogens is 336 g/mol. The van der Waals surface area contributed by atoms with Crippen molar-refractivity contribution in [3.63, 3.8) is 0 Å². The van der Waals surface area contributed by atoms with Crippen LogP contribution in [-0.2, 0) is 25.7 Å². The molecule has 4 rings (SSSR count). The topological polar surface area (TPSA) is 32.3 Å². The maximum atomic E-state index is 4.51. The summed E-state index contributed by atoms with van der Waals surface area (Å²) in [6.07, 6.45) is 7.30. The molecule has 4 heterocycles. The summed E-state index contributed by atoms with van der Waals surface area (Å²) in [5.74, 6) is 0. The monoisotopic (exact) mass is 362 g/mol. The van der Waals surface area contributed by atoms with E-state index in [0.29, 0.717) is 0 Å². The van der Waals surface area contributed by atoms with E-state index < -0.39 is 0 Å². The van der Waals surface area contributed by atoms with E-state index in [2.05, 4.69) is 19.8 Å². The van der Waals surface area contributed by atoms with Crippen LogP contribution in [0.2, 0.25) is 0 Å². The van der Waals surface area contributed by atoms with E-state index in [4.69, 9.17) is 0 Å². The van der Waals surface area contributed by atoms with Gasteiger partial charge in [0.2, 0.25) is 0 Å². The summed E-state index contributed by atoms with van der Waals surface area (Å²) >= 11 is 3.67. The molecule has 24 heavy (non-hydrogen) atoms. The minimum atomic E-state index is 1.14. The first kappa shape index (κ1) is 16.6. The summed E-state index contributed by atoms with van der Waals surface area (Å²) in [4.78, 5) is 17.3. The van der Waals surface area contributed by atoms with Crippen molar-refractivity contribution >= 4 is 22.7 Å². The van der Waals surface area contributed by atoms with Gasteiger partial charge in [0.05, 0.1) is 22.4 Å². The Morgan fingerprint density at radius 3 is 1.67 bits per heavy atom. The lowest BCUT2D eigenvalue weighted by molar-refractivity contribution is 0.251. The fraction of sp³-hybridized carbons (Fsp3) is 0.667. The predicted octanol–water partition coefficient (Wildman–Crippen LogP) is 2.88. The molecule has 0 N–H and O–H groups in total. The fourth-order valence-corrected chi connectivity index (χ4v) is 5.40. The predicted molar refractivity (Wildman–Crippen MR) is 101 cm³/mol. The van der Waals surface area contributed by atoms with Crippen LogP contribution in [-0.4, -0.2) is 59.0 Å². The average molecular weight is 363 g/mol. The molecule has 0 bridgehead atoms. The van der Waals surface area contributed by atoms with E-state index in [0.717, 1.165) is 12.8 Å². The summed E-state index contributed by atoms with van der Waals surface area (Å²) in [6, 6.07) is 0. The molecular formula is C18H26N4S2. The van der Waals surface area contributed by atoms with Gasteiger partial charge < -0.3 is 9.80 Å². The zero-order chi connectivity index (χ0) is 16.2. The second kappa shape index (κ2) is 8.04. The van der Waals surface area contributed by atoms with Crippen molar-refractivity contribution in [2.75, 3.05) is 39.3 Å². The van der Waals surface area contributed by atoms with Crippen LogP contribution in [0.4, 0.5) is 0 Å². The highest BCUT2D eigenvalue weighted by Gasteiger charge is 2.17. The third-order valence-electron chi connectivity index (χ3n) is 5.29. The van der Waals surface area contributed by atoms with Crippen LogP contribution in [0.15, 0.2) is 11.0 Å². The first-order valence-corrected chi connectivity index (χ1v) is 10.9. The molecule has 4 nitrogen and oxygen atoms in total. The Morgan fingerprint density at radius 1 is 0.708 bits per heavy atom. The highest BCUT2D eigenvalue weighted by molar-refractivity contribution is 7.10. The molecule has 0 radical (unpaired) electrons. The molecule has 2 aliphatic rings. The molecule has 2 aromatic rings. The Bertz CT molecular complexity index is 550. The van der Waals surface area contributed by atoms with E-state index in [9.17, 15) is 0 Å². The van der Waals surface area contributed by atoms with Gasteiger partial charge in [-0.1, -0.05) is 0 Å². The van der Waals surface area contributed by atoms with E-state index >= 15 is 0 Å². The minimum Gasteiger partial charge on any atom is -0.303 e. The van der Waals surface area contributed by atoms with Crippen LogP contribution in [0, 0.1) is 0 Å². The van der Waals surface area contributed by atoms with E-state index in [1.54, 1.807) is 0 Å². The minimum absolute atomic E-state index is 1.14. The summed E-state index contributed by atoms with van der Waals surface area (Å²) in [5, 5.41) is 0. The first-order chi connectivity index (χ1) is 11.9. The molecule has 0 fully saturated rings. The largest absolute Gasteiger partial charge is 0.303 e. The van der Waals surface area contributed by atoms with Crippen LogP contribution in [0.3, 0.4) is 0 Å². The zero-order valence-electron chi connectivity index (χ0n) is 14.2. The quantitative estimate of drug-likeness (QED) is 0.766. The maximum absolute atomic E-state index is 4.51. The first-order valence-electron chi connectivity index (χ1n) is 9.15. The molecule has 0 atom stereocenters. The van der Waals surface area contributed by atoms with Gasteiger partial charge >= 0.3 is 0 Å². The molecule has 0 aliphatic carbocycles. The van der Waals surface area contributed by atoms with Gasteiger partial charge in [0.1, 0.15) is 0 Å². The Morgan fingerprint density at radius 2 is 1.17 bits per heavy atom. The SMILES string of the molecule is c1nc2c(s1)CCN(CCCCN1CCc3ncsc3CC1)CC2. The third kappa shape index (κ3) is 4.04. The summed E-state index contributed by atoms with van der Waals surface area (Å²) in [5.41, 5.74) is 6.73. The lowest BCUT2D eigenvalue weighted by Crippen LogP contribution is -2.30. The molecule has 0 spiro atoms. The molecule has 0 aromatic carbocycles. The van der Waals surface area contributed by atoms with Gasteiger partial charge in [0, 0.05) is 48.8 Å². The van der Waals surface area contributed by atoms with Crippen LogP contribution in [0.1, 0.15) is 34.0 Å². The summed E-state index contributed by atoms with van der Waals surface area (Å²) in [7, 11) is 0. The number of aromatic nitrogens is 2. The van der Waals surface area contributed by atoms with Crippen molar-refractivity contribution < 1.29 is 0 Å². The number of thiazole rings is 2. The zero-order valence-corrected chi connectivity index (χ0v) is 15.9. The third-order valence-corrected chi connectivity index (χ3v) is 7.16. The van der Waals surface area contributed by atoms with Gasteiger partial charge in [0.15, 0.2) is 0 Å². The number of rotatable bonds is 5. The molecule has 130 valence electrons. The lowest BCUT2D eigenvalue weighted by atomic mass is 10.2. The molecule has 6 heteroatoms. The van der Waals surface area contributed by atoms with Crippen LogP contribution >= 0.6 is 22.7 Å². The van der Waals surface area contributed by atoms with Crippen LogP contribution < -0.4 is 0 Å². The second-order valence-electron chi connectivity index (χ2n) is 6.83. The normalized spacial score (nSPS) is 19.5. The van der Waals surface area contributed by atoms with E-state index in [1.165, 1.54) is 86.1 Å². The highest BCUT2D eigenvalue weighted by atomic mass is 32.1. The molecule has 0 saturated carbocycles. The fourth-order valence-electron chi connectivity index (χ4n) is 3.79. The number of hydrogen-bond acceptors (Lipinski definition) is 6. The smallest absolute Gasteiger partial charge is 0.0797 e. The number of nitrogens with zero attached hydrogens (tertiary/aromatic N) is 4. The molecule has 0 amide bonds. The Kier molecular flexibility index (Phi) is 5.57. The van der Waals surface area contributed by atoms with Crippen LogP contribution in [0.5, 0.6) is 0 Å². The molecule has 0 saturated heterocycles. The van der Waals surface area contributed by atoms with Gasteiger partial charge in [-0.15, -0.1) is 22.7 Å². The average Bonchev–Trinajstić information content (AvgIpc) is 3.15. The van der Waals surface area contributed by atoms with Crippen molar-refractivity contribution in [2.45, 2.75) is 38.5 Å². The lowest BCUT2D eigenvalue weighted by Gasteiger charge is -2.22. The number of fused-ring (bicyclic) bond motifs is 2. The second-order valence-corrected chi connectivity index (χ2v) is 8.71. The van der Waals surface area contributed by atoms with Gasteiger partial charge in [0.25, 0.3) is 0 Å².